The number of nitrogens with one attached hydrogen (secondary N) is 1. The first-order valence-corrected chi connectivity index (χ1v) is 6.72. The number of hydrogen-bond acceptors (Lipinski definition) is 2. The van der Waals surface area contributed by atoms with E-state index in [1.807, 2.05) is 7.05 Å². The minimum Gasteiger partial charge on any atom is -0.491 e. The van der Waals surface area contributed by atoms with Crippen molar-refractivity contribution in [2.24, 2.45) is 0 Å². The van der Waals surface area contributed by atoms with Crippen molar-refractivity contribution in [3.63, 3.8) is 0 Å². The molecule has 0 bridgehead atoms. The Kier molecular flexibility index (Phi) is 4.43. The zero-order chi connectivity index (χ0) is 12.1. The zero-order valence-corrected chi connectivity index (χ0v) is 11.0. The summed E-state index contributed by atoms with van der Waals surface area (Å²) in [4.78, 5) is 0. The van der Waals surface area contributed by atoms with Gasteiger partial charge >= 0.3 is 0 Å². The second-order valence-corrected chi connectivity index (χ2v) is 4.96. The summed E-state index contributed by atoms with van der Waals surface area (Å²) in [6.45, 7) is 3.22. The predicted octanol–water partition coefficient (Wildman–Crippen LogP) is 2.94. The molecule has 2 heteroatoms. The maximum Gasteiger partial charge on any atom is 0.119 e. The van der Waals surface area contributed by atoms with E-state index in [1.54, 1.807) is 0 Å². The molecule has 1 unspecified atom stereocenters. The third-order valence-electron chi connectivity index (χ3n) is 3.44. The van der Waals surface area contributed by atoms with E-state index >= 15 is 0 Å². The predicted molar refractivity (Wildman–Crippen MR) is 71.7 cm³/mol. The smallest absolute Gasteiger partial charge is 0.119 e. The van der Waals surface area contributed by atoms with Gasteiger partial charge in [0, 0.05) is 0 Å². The van der Waals surface area contributed by atoms with Crippen molar-refractivity contribution in [1.29, 1.82) is 0 Å². The fourth-order valence-electron chi connectivity index (χ4n) is 2.48. The largest absolute Gasteiger partial charge is 0.491 e. The van der Waals surface area contributed by atoms with Crippen LogP contribution < -0.4 is 10.1 Å². The molecule has 0 aromatic heterocycles. The van der Waals surface area contributed by atoms with Crippen LogP contribution in [-0.4, -0.2) is 19.7 Å². The molecule has 2 nitrogen and oxygen atoms in total. The van der Waals surface area contributed by atoms with Gasteiger partial charge in [0.05, 0.1) is 6.10 Å². The summed E-state index contributed by atoms with van der Waals surface area (Å²) in [6, 6.07) is 6.59. The molecule has 1 N–H and O–H groups in total. The van der Waals surface area contributed by atoms with E-state index in [4.69, 9.17) is 4.74 Å². The van der Waals surface area contributed by atoms with Gasteiger partial charge in [-0.1, -0.05) is 6.07 Å². The van der Waals surface area contributed by atoms with Crippen LogP contribution in [0.4, 0.5) is 0 Å². The van der Waals surface area contributed by atoms with Crippen molar-refractivity contribution >= 4 is 0 Å². The first-order chi connectivity index (χ1) is 8.29. The number of benzene rings is 1. The first-order valence-electron chi connectivity index (χ1n) is 6.72. The van der Waals surface area contributed by atoms with Gasteiger partial charge < -0.3 is 10.1 Å². The molecule has 17 heavy (non-hydrogen) atoms. The van der Waals surface area contributed by atoms with Gasteiger partial charge in [-0.2, -0.15) is 0 Å². The molecular formula is C15H23NO. The molecule has 0 fully saturated rings. The van der Waals surface area contributed by atoms with Crippen molar-refractivity contribution in [3.05, 3.63) is 29.3 Å². The van der Waals surface area contributed by atoms with Crippen molar-refractivity contribution in [2.45, 2.75) is 45.1 Å². The monoisotopic (exact) mass is 233 g/mol. The third-order valence-corrected chi connectivity index (χ3v) is 3.44. The Morgan fingerprint density at radius 2 is 2.12 bits per heavy atom. The molecule has 0 saturated heterocycles. The molecular weight excluding hydrogens is 210 g/mol. The molecule has 0 spiro atoms. The summed E-state index contributed by atoms with van der Waals surface area (Å²) in [5, 5.41) is 3.17. The Morgan fingerprint density at radius 3 is 2.94 bits per heavy atom. The van der Waals surface area contributed by atoms with E-state index in [0.29, 0.717) is 6.10 Å². The summed E-state index contributed by atoms with van der Waals surface area (Å²) in [6.07, 6.45) is 6.35. The Balaban J connectivity index is 1.86. The molecule has 0 aliphatic heterocycles. The average Bonchev–Trinajstić information content (AvgIpc) is 2.76. The van der Waals surface area contributed by atoms with Crippen LogP contribution in [0.2, 0.25) is 0 Å². The second-order valence-electron chi connectivity index (χ2n) is 4.96. The van der Waals surface area contributed by atoms with Crippen molar-refractivity contribution in [3.8, 4) is 5.75 Å². The van der Waals surface area contributed by atoms with Crippen LogP contribution in [0.15, 0.2) is 18.2 Å². The Labute approximate surface area is 104 Å². The van der Waals surface area contributed by atoms with Crippen LogP contribution >= 0.6 is 0 Å². The summed E-state index contributed by atoms with van der Waals surface area (Å²) >= 11 is 0. The Bertz CT molecular complexity index is 362. The summed E-state index contributed by atoms with van der Waals surface area (Å²) in [5.74, 6) is 1.04. The van der Waals surface area contributed by atoms with Gasteiger partial charge in [0.1, 0.15) is 5.75 Å². The number of ether oxygens (including phenoxy) is 1. The van der Waals surface area contributed by atoms with E-state index in [-0.39, 0.29) is 0 Å². The number of rotatable bonds is 6. The van der Waals surface area contributed by atoms with Crippen LogP contribution in [0.25, 0.3) is 0 Å². The lowest BCUT2D eigenvalue weighted by atomic mass is 10.1. The lowest BCUT2D eigenvalue weighted by molar-refractivity contribution is 0.207. The molecule has 1 aromatic carbocycles. The molecule has 1 aromatic rings. The van der Waals surface area contributed by atoms with Crippen LogP contribution in [0.3, 0.4) is 0 Å². The SMILES string of the molecule is CNCCCC(C)Oc1ccc2c(c1)CCC2. The quantitative estimate of drug-likeness (QED) is 0.763. The number of hydrogen-bond donors (Lipinski definition) is 1. The van der Waals surface area contributed by atoms with E-state index in [9.17, 15) is 0 Å². The van der Waals surface area contributed by atoms with Crippen LogP contribution in [0.1, 0.15) is 37.3 Å². The number of aryl methyl sites for hydroxylation is 2. The average molecular weight is 233 g/mol. The van der Waals surface area contributed by atoms with Crippen molar-refractivity contribution in [2.75, 3.05) is 13.6 Å². The summed E-state index contributed by atoms with van der Waals surface area (Å²) in [7, 11) is 1.99. The molecule has 0 amide bonds. The topological polar surface area (TPSA) is 21.3 Å². The second kappa shape index (κ2) is 6.06. The van der Waals surface area contributed by atoms with Gasteiger partial charge in [-0.15, -0.1) is 0 Å². The van der Waals surface area contributed by atoms with Gasteiger partial charge in [0.15, 0.2) is 0 Å². The standard InChI is InChI=1S/C15H23NO/c1-12(5-4-10-16-2)17-15-9-8-13-6-3-7-14(13)11-15/h8-9,11-12,16H,3-7,10H2,1-2H3. The number of fused-ring (bicyclic) bond motifs is 1. The molecule has 94 valence electrons. The fourth-order valence-corrected chi connectivity index (χ4v) is 2.48. The normalized spacial score (nSPS) is 15.6. The van der Waals surface area contributed by atoms with E-state index in [0.717, 1.165) is 18.7 Å². The van der Waals surface area contributed by atoms with Crippen LogP contribution in [0, 0.1) is 0 Å². The van der Waals surface area contributed by atoms with Gasteiger partial charge in [0.25, 0.3) is 0 Å². The minimum atomic E-state index is 0.308. The first kappa shape index (κ1) is 12.4. The molecule has 1 aliphatic rings. The molecule has 1 aliphatic carbocycles. The highest BCUT2D eigenvalue weighted by Gasteiger charge is 2.12. The van der Waals surface area contributed by atoms with E-state index in [1.165, 1.54) is 36.8 Å². The highest BCUT2D eigenvalue weighted by atomic mass is 16.5. The minimum absolute atomic E-state index is 0.308. The molecule has 2 rings (SSSR count). The molecule has 0 saturated carbocycles. The maximum atomic E-state index is 5.96. The van der Waals surface area contributed by atoms with E-state index < -0.39 is 0 Å². The fraction of sp³-hybridized carbons (Fsp3) is 0.600. The maximum absolute atomic E-state index is 5.96. The van der Waals surface area contributed by atoms with Crippen molar-refractivity contribution in [1.82, 2.24) is 5.32 Å². The Hall–Kier alpha value is -1.02. The highest BCUT2D eigenvalue weighted by molar-refractivity contribution is 5.38. The van der Waals surface area contributed by atoms with Gasteiger partial charge in [-0.25, -0.2) is 0 Å². The van der Waals surface area contributed by atoms with Gasteiger partial charge in [-0.3, -0.25) is 0 Å². The summed E-state index contributed by atoms with van der Waals surface area (Å²) < 4.78 is 5.96. The Morgan fingerprint density at radius 1 is 1.29 bits per heavy atom. The lowest BCUT2D eigenvalue weighted by Gasteiger charge is -2.15. The van der Waals surface area contributed by atoms with Crippen LogP contribution in [-0.2, 0) is 12.8 Å². The lowest BCUT2D eigenvalue weighted by Crippen LogP contribution is -2.15. The van der Waals surface area contributed by atoms with Crippen LogP contribution in [0.5, 0.6) is 5.75 Å². The highest BCUT2D eigenvalue weighted by Crippen LogP contribution is 2.26. The van der Waals surface area contributed by atoms with Gasteiger partial charge in [-0.05, 0) is 75.9 Å². The summed E-state index contributed by atoms with van der Waals surface area (Å²) in [5.41, 5.74) is 3.00. The van der Waals surface area contributed by atoms with Gasteiger partial charge in [0.2, 0.25) is 0 Å². The zero-order valence-electron chi connectivity index (χ0n) is 11.0. The molecule has 1 atom stereocenters. The van der Waals surface area contributed by atoms with E-state index in [2.05, 4.69) is 30.4 Å². The van der Waals surface area contributed by atoms with Crippen molar-refractivity contribution < 1.29 is 4.74 Å². The molecule has 0 heterocycles. The third kappa shape index (κ3) is 3.47. The molecule has 0 radical (unpaired) electrons.